The number of carbonyl (C=O) groups excluding carboxylic acids is 1. The van der Waals surface area contributed by atoms with Crippen molar-refractivity contribution in [2.24, 2.45) is 0 Å². The van der Waals surface area contributed by atoms with Crippen molar-refractivity contribution in [3.63, 3.8) is 0 Å². The Bertz CT molecular complexity index is 1060. The number of hydrogen-bond acceptors (Lipinski definition) is 6. The molecule has 0 unspecified atom stereocenters. The second-order valence-corrected chi connectivity index (χ2v) is 7.77. The zero-order valence-electron chi connectivity index (χ0n) is 18.1. The fraction of sp³-hybridized carbons (Fsp3) is 0.304. The average Bonchev–Trinajstić information content (AvgIpc) is 2.77. The number of benzene rings is 1. The summed E-state index contributed by atoms with van der Waals surface area (Å²) in [6.07, 6.45) is 0. The number of rotatable bonds is 4. The number of piperazine rings is 1. The molecule has 0 spiro atoms. The van der Waals surface area contributed by atoms with Gasteiger partial charge < -0.3 is 20.4 Å². The molecular weight excluding hydrogens is 390 g/mol. The molecule has 1 saturated heterocycles. The number of pyridine rings is 1. The smallest absolute Gasteiger partial charge is 0.321 e. The molecular formula is C23H27N7O. The van der Waals surface area contributed by atoms with E-state index in [0.717, 1.165) is 28.6 Å². The van der Waals surface area contributed by atoms with Crippen LogP contribution in [-0.2, 0) is 0 Å². The molecule has 1 aromatic carbocycles. The zero-order chi connectivity index (χ0) is 21.8. The second kappa shape index (κ2) is 8.99. The number of amides is 2. The third-order valence-corrected chi connectivity index (χ3v) is 5.44. The molecule has 0 radical (unpaired) electrons. The first-order chi connectivity index (χ1) is 15.0. The number of urea groups is 1. The Balaban J connectivity index is 1.31. The van der Waals surface area contributed by atoms with Gasteiger partial charge in [-0.25, -0.2) is 9.78 Å². The minimum atomic E-state index is -0.0702. The molecule has 4 rings (SSSR count). The number of nitrogens with one attached hydrogen (secondary N) is 2. The summed E-state index contributed by atoms with van der Waals surface area (Å²) in [5.74, 6) is 2.19. The van der Waals surface area contributed by atoms with Crippen LogP contribution in [0, 0.1) is 20.8 Å². The summed E-state index contributed by atoms with van der Waals surface area (Å²) in [6.45, 7) is 8.73. The van der Waals surface area contributed by atoms with Crippen LogP contribution >= 0.6 is 0 Å². The molecule has 3 aromatic rings. The number of nitrogens with zero attached hydrogens (tertiary/aromatic N) is 5. The van der Waals surface area contributed by atoms with Crippen LogP contribution in [-0.4, -0.2) is 52.3 Å². The molecule has 2 amide bonds. The van der Waals surface area contributed by atoms with E-state index in [9.17, 15) is 4.79 Å². The predicted octanol–water partition coefficient (Wildman–Crippen LogP) is 3.89. The molecule has 2 aromatic heterocycles. The summed E-state index contributed by atoms with van der Waals surface area (Å²) in [4.78, 5) is 21.0. The Hall–Kier alpha value is -3.68. The molecule has 0 atom stereocenters. The van der Waals surface area contributed by atoms with Gasteiger partial charge in [0.25, 0.3) is 0 Å². The lowest BCUT2D eigenvalue weighted by Gasteiger charge is -2.35. The fourth-order valence-electron chi connectivity index (χ4n) is 3.46. The maximum Gasteiger partial charge on any atom is 0.321 e. The Morgan fingerprint density at radius 1 is 0.871 bits per heavy atom. The average molecular weight is 418 g/mol. The van der Waals surface area contributed by atoms with Crippen molar-refractivity contribution < 1.29 is 4.79 Å². The molecule has 1 fully saturated rings. The first-order valence-electron chi connectivity index (χ1n) is 10.4. The van der Waals surface area contributed by atoms with Gasteiger partial charge in [0.05, 0.1) is 0 Å². The summed E-state index contributed by atoms with van der Waals surface area (Å²) in [5.41, 5.74) is 4.14. The van der Waals surface area contributed by atoms with E-state index in [-0.39, 0.29) is 6.03 Å². The van der Waals surface area contributed by atoms with Gasteiger partial charge in [0.15, 0.2) is 11.6 Å². The van der Waals surface area contributed by atoms with Gasteiger partial charge in [-0.1, -0.05) is 12.1 Å². The molecule has 0 aliphatic carbocycles. The summed E-state index contributed by atoms with van der Waals surface area (Å²) < 4.78 is 0. The molecule has 0 saturated carbocycles. The van der Waals surface area contributed by atoms with Crippen LogP contribution in [0.4, 0.5) is 27.9 Å². The third-order valence-electron chi connectivity index (χ3n) is 5.44. The number of hydrogen-bond donors (Lipinski definition) is 2. The number of aryl methyl sites for hydroxylation is 3. The van der Waals surface area contributed by atoms with Crippen molar-refractivity contribution in [1.29, 1.82) is 0 Å². The van der Waals surface area contributed by atoms with E-state index in [4.69, 9.17) is 0 Å². The first-order valence-corrected chi connectivity index (χ1v) is 10.4. The van der Waals surface area contributed by atoms with Crippen molar-refractivity contribution in [1.82, 2.24) is 20.1 Å². The molecule has 0 bridgehead atoms. The van der Waals surface area contributed by atoms with Gasteiger partial charge in [-0.15, -0.1) is 10.2 Å². The normalized spacial score (nSPS) is 13.8. The van der Waals surface area contributed by atoms with E-state index >= 15 is 0 Å². The van der Waals surface area contributed by atoms with Gasteiger partial charge in [-0.3, -0.25) is 0 Å². The van der Waals surface area contributed by atoms with Crippen molar-refractivity contribution in [3.05, 3.63) is 65.4 Å². The van der Waals surface area contributed by atoms with Gasteiger partial charge >= 0.3 is 6.03 Å². The highest BCUT2D eigenvalue weighted by Crippen LogP contribution is 2.18. The van der Waals surface area contributed by atoms with Gasteiger partial charge in [-0.05, 0) is 68.3 Å². The minimum absolute atomic E-state index is 0.0702. The van der Waals surface area contributed by atoms with Crippen molar-refractivity contribution >= 4 is 29.2 Å². The fourth-order valence-corrected chi connectivity index (χ4v) is 3.46. The Morgan fingerprint density at radius 3 is 2.35 bits per heavy atom. The van der Waals surface area contributed by atoms with E-state index in [1.165, 1.54) is 5.56 Å². The van der Waals surface area contributed by atoms with Crippen LogP contribution in [0.5, 0.6) is 0 Å². The first kappa shape index (κ1) is 20.6. The van der Waals surface area contributed by atoms with E-state index < -0.39 is 0 Å². The molecule has 160 valence electrons. The lowest BCUT2D eigenvalue weighted by molar-refractivity contribution is 0.208. The molecule has 8 heteroatoms. The topological polar surface area (TPSA) is 86.3 Å². The summed E-state index contributed by atoms with van der Waals surface area (Å²) in [5, 5.41) is 14.8. The number of anilines is 4. The van der Waals surface area contributed by atoms with Gasteiger partial charge in [0.2, 0.25) is 0 Å². The van der Waals surface area contributed by atoms with Crippen LogP contribution in [0.2, 0.25) is 0 Å². The Morgan fingerprint density at radius 2 is 1.68 bits per heavy atom. The highest BCUT2D eigenvalue weighted by molar-refractivity contribution is 5.89. The van der Waals surface area contributed by atoms with Crippen LogP contribution in [0.25, 0.3) is 0 Å². The zero-order valence-corrected chi connectivity index (χ0v) is 18.1. The Kier molecular flexibility index (Phi) is 5.97. The van der Waals surface area contributed by atoms with Crippen molar-refractivity contribution in [3.8, 4) is 0 Å². The van der Waals surface area contributed by atoms with Gasteiger partial charge in [-0.2, -0.15) is 0 Å². The molecule has 8 nitrogen and oxygen atoms in total. The molecule has 1 aliphatic rings. The monoisotopic (exact) mass is 417 g/mol. The van der Waals surface area contributed by atoms with Crippen molar-refractivity contribution in [2.45, 2.75) is 20.8 Å². The third kappa shape index (κ3) is 5.09. The molecule has 1 aliphatic heterocycles. The largest absolute Gasteiger partial charge is 0.352 e. The number of carbonyl (C=O) groups is 1. The van der Waals surface area contributed by atoms with Crippen LogP contribution < -0.4 is 15.5 Å². The maximum atomic E-state index is 12.6. The maximum absolute atomic E-state index is 12.6. The van der Waals surface area contributed by atoms with E-state index in [1.54, 1.807) is 0 Å². The molecule has 2 N–H and O–H groups in total. The highest BCUT2D eigenvalue weighted by atomic mass is 16.2. The lowest BCUT2D eigenvalue weighted by atomic mass is 10.1. The summed E-state index contributed by atoms with van der Waals surface area (Å²) >= 11 is 0. The quantitative estimate of drug-likeness (QED) is 0.670. The van der Waals surface area contributed by atoms with E-state index in [0.29, 0.717) is 32.0 Å². The lowest BCUT2D eigenvalue weighted by Crippen LogP contribution is -2.50. The Labute approximate surface area is 182 Å². The van der Waals surface area contributed by atoms with Gasteiger partial charge in [0, 0.05) is 37.6 Å². The van der Waals surface area contributed by atoms with Crippen LogP contribution in [0.15, 0.2) is 48.5 Å². The SMILES string of the molecule is Cc1cccc(Nc2ccc(N3CCN(C(=O)Nc4ccc(C)c(C)c4)CC3)nn2)n1. The van der Waals surface area contributed by atoms with Crippen LogP contribution in [0.3, 0.4) is 0 Å². The van der Waals surface area contributed by atoms with Gasteiger partial charge in [0.1, 0.15) is 5.82 Å². The van der Waals surface area contributed by atoms with Crippen LogP contribution in [0.1, 0.15) is 16.8 Å². The molecule has 3 heterocycles. The predicted molar refractivity (Wildman–Crippen MR) is 123 cm³/mol. The summed E-state index contributed by atoms with van der Waals surface area (Å²) in [6, 6.07) is 15.5. The van der Waals surface area contributed by atoms with Crippen molar-refractivity contribution in [2.75, 3.05) is 41.7 Å². The molecule has 31 heavy (non-hydrogen) atoms. The summed E-state index contributed by atoms with van der Waals surface area (Å²) in [7, 11) is 0. The van der Waals surface area contributed by atoms with E-state index in [1.807, 2.05) is 67.3 Å². The standard InChI is InChI=1S/C23H27N7O/c1-16-7-8-19(15-17(16)2)25-23(31)30-13-11-29(12-14-30)22-10-9-21(27-28-22)26-20-6-4-5-18(3)24-20/h4-10,15H,11-14H2,1-3H3,(H,25,31)(H,24,26,27). The van der Waals surface area contributed by atoms with E-state index in [2.05, 4.69) is 37.6 Å². The minimum Gasteiger partial charge on any atom is -0.352 e. The highest BCUT2D eigenvalue weighted by Gasteiger charge is 2.22. The second-order valence-electron chi connectivity index (χ2n) is 7.77. The number of aromatic nitrogens is 3.